The average molecular weight is 527 g/mol. The van der Waals surface area contributed by atoms with Crippen LogP contribution in [0.4, 0.5) is 4.39 Å². The Morgan fingerprint density at radius 2 is 1.45 bits per heavy atom. The molecule has 0 bridgehead atoms. The molecule has 0 atom stereocenters. The summed E-state index contributed by atoms with van der Waals surface area (Å²) in [6.45, 7) is 1.81. The molecule has 0 fully saturated rings. The minimum Gasteiger partial charge on any atom is -0.489 e. The van der Waals surface area contributed by atoms with Gasteiger partial charge in [-0.15, -0.1) is 11.3 Å². The minimum absolute atomic E-state index is 0.0300. The van der Waals surface area contributed by atoms with E-state index in [0.717, 1.165) is 21.2 Å². The molecule has 0 unspecified atom stereocenters. The van der Waals surface area contributed by atoms with E-state index in [2.05, 4.69) is 0 Å². The van der Waals surface area contributed by atoms with Gasteiger partial charge in [0.05, 0.1) is 5.56 Å². The lowest BCUT2D eigenvalue weighted by Gasteiger charge is -2.14. The Kier molecular flexibility index (Phi) is 7.47. The first-order valence-electron chi connectivity index (χ1n) is 11.9. The number of benzene rings is 4. The van der Waals surface area contributed by atoms with Crippen LogP contribution in [0.25, 0.3) is 10.1 Å². The van der Waals surface area contributed by atoms with Gasteiger partial charge in [0.1, 0.15) is 23.8 Å². The van der Waals surface area contributed by atoms with Gasteiger partial charge < -0.3 is 14.2 Å². The number of ketones is 1. The number of carbonyl (C=O) groups is 2. The third-order valence-electron chi connectivity index (χ3n) is 5.81. The monoisotopic (exact) mass is 526 g/mol. The van der Waals surface area contributed by atoms with Crippen molar-refractivity contribution >= 4 is 33.2 Å². The highest BCUT2D eigenvalue weighted by Crippen LogP contribution is 2.36. The van der Waals surface area contributed by atoms with Gasteiger partial charge in [0.25, 0.3) is 0 Å². The lowest BCUT2D eigenvalue weighted by atomic mass is 10.1. The van der Waals surface area contributed by atoms with E-state index in [9.17, 15) is 9.59 Å². The van der Waals surface area contributed by atoms with E-state index in [0.29, 0.717) is 12.4 Å². The molecule has 0 aliphatic heterocycles. The standard InChI is InChI=1S/C31H23FO5S/c1-20(33)25-14-15-26(36-19-22-10-6-3-7-11-22)30(29(25)32)37-31(34)28-16-23-12-13-24(17-27(23)38-28)35-18-21-8-4-2-5-9-21/h2-17H,18-19H2,1H3. The Bertz CT molecular complexity index is 1600. The average Bonchev–Trinajstić information content (AvgIpc) is 3.37. The molecular weight excluding hydrogens is 503 g/mol. The van der Waals surface area contributed by atoms with Crippen LogP contribution in [0.1, 0.15) is 38.1 Å². The van der Waals surface area contributed by atoms with Crippen LogP contribution in [0.15, 0.2) is 97.1 Å². The highest BCUT2D eigenvalue weighted by Gasteiger charge is 2.23. The van der Waals surface area contributed by atoms with Crippen LogP contribution in [0.5, 0.6) is 17.2 Å². The number of hydrogen-bond donors (Lipinski definition) is 0. The van der Waals surface area contributed by atoms with Gasteiger partial charge in [-0.3, -0.25) is 4.79 Å². The van der Waals surface area contributed by atoms with Crippen molar-refractivity contribution in [1.82, 2.24) is 0 Å². The van der Waals surface area contributed by atoms with Gasteiger partial charge >= 0.3 is 5.97 Å². The molecule has 7 heteroatoms. The quantitative estimate of drug-likeness (QED) is 0.112. The first-order chi connectivity index (χ1) is 18.5. The Hall–Kier alpha value is -4.49. The molecule has 0 saturated carbocycles. The van der Waals surface area contributed by atoms with Crippen LogP contribution < -0.4 is 14.2 Å². The van der Waals surface area contributed by atoms with E-state index in [1.165, 1.54) is 30.4 Å². The summed E-state index contributed by atoms with van der Waals surface area (Å²) in [4.78, 5) is 25.3. The Balaban J connectivity index is 1.36. The molecule has 0 amide bonds. The number of esters is 1. The molecule has 0 spiro atoms. The molecule has 1 heterocycles. The van der Waals surface area contributed by atoms with Crippen LogP contribution in [-0.2, 0) is 13.2 Å². The number of carbonyl (C=O) groups excluding carboxylic acids is 2. The normalized spacial score (nSPS) is 10.8. The summed E-state index contributed by atoms with van der Waals surface area (Å²) in [5, 5.41) is 0.826. The van der Waals surface area contributed by atoms with Crippen molar-refractivity contribution in [1.29, 1.82) is 0 Å². The molecule has 5 nitrogen and oxygen atoms in total. The topological polar surface area (TPSA) is 61.8 Å². The Morgan fingerprint density at radius 3 is 2.11 bits per heavy atom. The van der Waals surface area contributed by atoms with Gasteiger partial charge in [-0.2, -0.15) is 0 Å². The minimum atomic E-state index is -0.936. The van der Waals surface area contributed by atoms with E-state index in [-0.39, 0.29) is 22.8 Å². The molecule has 0 aliphatic carbocycles. The summed E-state index contributed by atoms with van der Waals surface area (Å²) in [5.41, 5.74) is 1.72. The summed E-state index contributed by atoms with van der Waals surface area (Å²) < 4.78 is 33.3. The predicted molar refractivity (Wildman–Crippen MR) is 145 cm³/mol. The van der Waals surface area contributed by atoms with Gasteiger partial charge in [-0.05, 0) is 59.8 Å². The fraction of sp³-hybridized carbons (Fsp3) is 0.0968. The predicted octanol–water partition coefficient (Wildman–Crippen LogP) is 7.62. The second kappa shape index (κ2) is 11.3. The molecule has 0 N–H and O–H groups in total. The largest absolute Gasteiger partial charge is 0.489 e. The second-order valence-electron chi connectivity index (χ2n) is 8.56. The van der Waals surface area contributed by atoms with Crippen molar-refractivity contribution in [2.24, 2.45) is 0 Å². The molecule has 0 saturated heterocycles. The lowest BCUT2D eigenvalue weighted by Crippen LogP contribution is -2.11. The SMILES string of the molecule is CC(=O)c1ccc(OCc2ccccc2)c(OC(=O)c2cc3ccc(OCc4ccccc4)cc3s2)c1F. The lowest BCUT2D eigenvalue weighted by molar-refractivity contribution is 0.0723. The molecular formula is C31H23FO5S. The molecule has 4 aromatic carbocycles. The van der Waals surface area contributed by atoms with Gasteiger partial charge in [0, 0.05) is 4.70 Å². The number of fused-ring (bicyclic) bond motifs is 1. The number of rotatable bonds is 9. The van der Waals surface area contributed by atoms with Gasteiger partial charge in [-0.25, -0.2) is 9.18 Å². The zero-order valence-corrected chi connectivity index (χ0v) is 21.3. The van der Waals surface area contributed by atoms with Crippen LogP contribution in [0.3, 0.4) is 0 Å². The summed E-state index contributed by atoms with van der Waals surface area (Å²) in [6, 6.07) is 29.1. The van der Waals surface area contributed by atoms with Gasteiger partial charge in [0.2, 0.25) is 5.75 Å². The van der Waals surface area contributed by atoms with Crippen LogP contribution >= 0.6 is 11.3 Å². The van der Waals surface area contributed by atoms with Gasteiger partial charge in [0.15, 0.2) is 17.3 Å². The third-order valence-corrected chi connectivity index (χ3v) is 6.89. The molecule has 0 aliphatic rings. The maximum atomic E-state index is 15.3. The highest BCUT2D eigenvalue weighted by atomic mass is 32.1. The maximum absolute atomic E-state index is 15.3. The number of Topliss-reactive ketones (excluding diaryl/α,β-unsaturated/α-hetero) is 1. The van der Waals surface area contributed by atoms with E-state index >= 15 is 4.39 Å². The van der Waals surface area contributed by atoms with E-state index in [1.54, 1.807) is 6.07 Å². The molecule has 190 valence electrons. The molecule has 0 radical (unpaired) electrons. The number of thiophene rings is 1. The summed E-state index contributed by atoms with van der Waals surface area (Å²) in [6.07, 6.45) is 0. The fourth-order valence-electron chi connectivity index (χ4n) is 3.84. The third kappa shape index (κ3) is 5.74. The van der Waals surface area contributed by atoms with Crippen LogP contribution in [-0.4, -0.2) is 11.8 Å². The molecule has 5 rings (SSSR count). The van der Waals surface area contributed by atoms with Crippen molar-refractivity contribution in [2.75, 3.05) is 0 Å². The van der Waals surface area contributed by atoms with Gasteiger partial charge in [-0.1, -0.05) is 60.7 Å². The summed E-state index contributed by atoms with van der Waals surface area (Å²) in [5.74, 6) is -1.89. The van der Waals surface area contributed by atoms with Crippen molar-refractivity contribution in [2.45, 2.75) is 20.1 Å². The Labute approximate surface area is 223 Å². The van der Waals surface area contributed by atoms with Crippen LogP contribution in [0, 0.1) is 5.82 Å². The van der Waals surface area contributed by atoms with E-state index in [4.69, 9.17) is 14.2 Å². The fourth-order valence-corrected chi connectivity index (χ4v) is 4.81. The van der Waals surface area contributed by atoms with E-state index in [1.807, 2.05) is 78.9 Å². The zero-order valence-electron chi connectivity index (χ0n) is 20.5. The molecule has 1 aromatic heterocycles. The zero-order chi connectivity index (χ0) is 26.5. The van der Waals surface area contributed by atoms with E-state index < -0.39 is 23.3 Å². The number of halogens is 1. The van der Waals surface area contributed by atoms with Crippen molar-refractivity contribution in [3.05, 3.63) is 124 Å². The van der Waals surface area contributed by atoms with Crippen molar-refractivity contribution in [3.63, 3.8) is 0 Å². The van der Waals surface area contributed by atoms with Crippen LogP contribution in [0.2, 0.25) is 0 Å². The smallest absolute Gasteiger partial charge is 0.353 e. The highest BCUT2D eigenvalue weighted by molar-refractivity contribution is 7.20. The second-order valence-corrected chi connectivity index (χ2v) is 9.64. The Morgan fingerprint density at radius 1 is 0.789 bits per heavy atom. The van der Waals surface area contributed by atoms with Crippen molar-refractivity contribution < 1.29 is 28.2 Å². The first-order valence-corrected chi connectivity index (χ1v) is 12.7. The summed E-state index contributed by atoms with van der Waals surface area (Å²) >= 11 is 1.21. The number of hydrogen-bond acceptors (Lipinski definition) is 6. The molecule has 5 aromatic rings. The maximum Gasteiger partial charge on any atom is 0.353 e. The first kappa shape index (κ1) is 25.2. The molecule has 38 heavy (non-hydrogen) atoms. The number of ether oxygens (including phenoxy) is 3. The summed E-state index contributed by atoms with van der Waals surface area (Å²) in [7, 11) is 0. The van der Waals surface area contributed by atoms with Crippen molar-refractivity contribution in [3.8, 4) is 17.2 Å².